The fourth-order valence-electron chi connectivity index (χ4n) is 3.70. The summed E-state index contributed by atoms with van der Waals surface area (Å²) >= 11 is 6.09. The van der Waals surface area contributed by atoms with Crippen LogP contribution in [0, 0.1) is 0 Å². The van der Waals surface area contributed by atoms with E-state index in [4.69, 9.17) is 11.6 Å². The molecule has 2 aliphatic rings. The molecule has 0 bridgehead atoms. The number of carbonyl (C=O) groups excluding carboxylic acids is 1. The monoisotopic (exact) mass is 384 g/mol. The lowest BCUT2D eigenvalue weighted by atomic mass is 9.93. The lowest BCUT2D eigenvalue weighted by molar-refractivity contribution is -0.135. The van der Waals surface area contributed by atoms with Gasteiger partial charge in [0.05, 0.1) is 11.2 Å². The number of rotatable bonds is 5. The van der Waals surface area contributed by atoms with E-state index in [-0.39, 0.29) is 17.7 Å². The maximum absolute atomic E-state index is 13.1. The van der Waals surface area contributed by atoms with Crippen molar-refractivity contribution in [3.63, 3.8) is 0 Å². The first-order chi connectivity index (χ1) is 11.8. The second kappa shape index (κ2) is 6.89. The number of benzene rings is 1. The zero-order valence-corrected chi connectivity index (χ0v) is 16.3. The molecule has 2 fully saturated rings. The fourth-order valence-corrected chi connectivity index (χ4v) is 4.97. The Hall–Kier alpha value is -1.11. The van der Waals surface area contributed by atoms with Gasteiger partial charge in [-0.3, -0.25) is 4.79 Å². The third kappa shape index (κ3) is 3.57. The number of likely N-dealkylation sites (tertiary alicyclic amines) is 1. The first kappa shape index (κ1) is 18.7. The van der Waals surface area contributed by atoms with Gasteiger partial charge in [0, 0.05) is 31.2 Å². The van der Waals surface area contributed by atoms with E-state index in [0.29, 0.717) is 31.0 Å². The third-order valence-electron chi connectivity index (χ3n) is 5.61. The molecular formula is C18H25ClN2O3S. The molecule has 0 N–H and O–H groups in total. The molecule has 1 aromatic rings. The minimum absolute atomic E-state index is 0.0182. The van der Waals surface area contributed by atoms with Crippen LogP contribution in [0.3, 0.4) is 0 Å². The van der Waals surface area contributed by atoms with Crippen LogP contribution in [0.4, 0.5) is 0 Å². The van der Waals surface area contributed by atoms with Gasteiger partial charge in [-0.15, -0.1) is 0 Å². The van der Waals surface area contributed by atoms with E-state index in [1.165, 1.54) is 4.31 Å². The van der Waals surface area contributed by atoms with E-state index in [0.717, 1.165) is 18.4 Å². The van der Waals surface area contributed by atoms with Gasteiger partial charge in [0.25, 0.3) is 0 Å². The van der Waals surface area contributed by atoms with Gasteiger partial charge >= 0.3 is 0 Å². The van der Waals surface area contributed by atoms with E-state index in [1.807, 2.05) is 29.2 Å². The molecule has 25 heavy (non-hydrogen) atoms. The predicted octanol–water partition coefficient (Wildman–Crippen LogP) is 2.64. The summed E-state index contributed by atoms with van der Waals surface area (Å²) in [7, 11) is -1.54. The Morgan fingerprint density at radius 1 is 1.32 bits per heavy atom. The summed E-state index contributed by atoms with van der Waals surface area (Å²) in [5, 5.41) is 0.654. The quantitative estimate of drug-likeness (QED) is 0.784. The van der Waals surface area contributed by atoms with Crippen molar-refractivity contribution in [2.45, 2.75) is 44.1 Å². The van der Waals surface area contributed by atoms with E-state index in [9.17, 15) is 13.2 Å². The van der Waals surface area contributed by atoms with Crippen LogP contribution in [0.1, 0.15) is 38.2 Å². The zero-order chi connectivity index (χ0) is 18.2. The summed E-state index contributed by atoms with van der Waals surface area (Å²) in [5.74, 6) is 0.273. The van der Waals surface area contributed by atoms with Gasteiger partial charge in [-0.1, -0.05) is 23.7 Å². The molecule has 0 spiro atoms. The molecule has 1 aromatic carbocycles. The maximum atomic E-state index is 13.1. The zero-order valence-electron chi connectivity index (χ0n) is 14.7. The smallest absolute Gasteiger partial charge is 0.233 e. The van der Waals surface area contributed by atoms with Gasteiger partial charge in [0.2, 0.25) is 15.9 Å². The van der Waals surface area contributed by atoms with Gasteiger partial charge in [-0.05, 0) is 50.3 Å². The number of hydrogen-bond donors (Lipinski definition) is 0. The summed E-state index contributed by atoms with van der Waals surface area (Å²) in [6.07, 6.45) is 3.09. The van der Waals surface area contributed by atoms with Crippen molar-refractivity contribution in [2.75, 3.05) is 25.9 Å². The molecule has 1 saturated carbocycles. The number of hydrogen-bond acceptors (Lipinski definition) is 3. The van der Waals surface area contributed by atoms with E-state index >= 15 is 0 Å². The molecule has 7 heteroatoms. The lowest BCUT2D eigenvalue weighted by Crippen LogP contribution is -2.49. The van der Waals surface area contributed by atoms with E-state index in [1.54, 1.807) is 14.0 Å². The molecule has 0 radical (unpaired) electrons. The number of carbonyl (C=O) groups is 1. The molecule has 5 nitrogen and oxygen atoms in total. The molecule has 3 rings (SSSR count). The fraction of sp³-hybridized carbons (Fsp3) is 0.611. The molecule has 1 aliphatic carbocycles. The second-order valence-electron chi connectivity index (χ2n) is 7.03. The molecule has 0 unspecified atom stereocenters. The normalized spacial score (nSPS) is 20.7. The second-order valence-corrected chi connectivity index (χ2v) is 9.79. The summed E-state index contributed by atoms with van der Waals surface area (Å²) in [5.41, 5.74) is 0.580. The van der Waals surface area contributed by atoms with Crippen LogP contribution in [0.25, 0.3) is 0 Å². The van der Waals surface area contributed by atoms with Crippen LogP contribution < -0.4 is 0 Å². The van der Waals surface area contributed by atoms with E-state index < -0.39 is 15.4 Å². The average Bonchev–Trinajstić information content (AvgIpc) is 3.42. The summed E-state index contributed by atoms with van der Waals surface area (Å²) in [6.45, 7) is 2.87. The van der Waals surface area contributed by atoms with Gasteiger partial charge in [-0.2, -0.15) is 0 Å². The van der Waals surface area contributed by atoms with Crippen molar-refractivity contribution in [3.05, 3.63) is 34.9 Å². The summed E-state index contributed by atoms with van der Waals surface area (Å²) in [4.78, 5) is 15.0. The molecule has 0 aromatic heterocycles. The van der Waals surface area contributed by atoms with Crippen molar-refractivity contribution in [1.82, 2.24) is 9.21 Å². The Labute approximate surface area is 155 Å². The molecule has 1 aliphatic heterocycles. The van der Waals surface area contributed by atoms with Gasteiger partial charge in [0.1, 0.15) is 0 Å². The molecule has 138 valence electrons. The minimum Gasteiger partial charge on any atom is -0.342 e. The van der Waals surface area contributed by atoms with Crippen LogP contribution in [0.2, 0.25) is 5.02 Å². The predicted molar refractivity (Wildman–Crippen MR) is 99.2 cm³/mol. The Morgan fingerprint density at radius 3 is 2.48 bits per heavy atom. The van der Waals surface area contributed by atoms with Crippen molar-refractivity contribution >= 4 is 27.5 Å². The Balaban J connectivity index is 1.66. The Bertz CT molecular complexity index is 753. The van der Waals surface area contributed by atoms with Crippen molar-refractivity contribution in [1.29, 1.82) is 0 Å². The van der Waals surface area contributed by atoms with Crippen LogP contribution in [0.15, 0.2) is 24.3 Å². The van der Waals surface area contributed by atoms with Crippen LogP contribution in [-0.2, 0) is 20.2 Å². The van der Waals surface area contributed by atoms with Crippen molar-refractivity contribution in [2.24, 2.45) is 0 Å². The van der Waals surface area contributed by atoms with Crippen LogP contribution in [-0.4, -0.2) is 55.5 Å². The number of nitrogens with zero attached hydrogens (tertiary/aromatic N) is 2. The first-order valence-corrected chi connectivity index (χ1v) is 10.8. The summed E-state index contributed by atoms with van der Waals surface area (Å²) < 4.78 is 25.6. The molecule has 1 saturated heterocycles. The van der Waals surface area contributed by atoms with Gasteiger partial charge in [-0.25, -0.2) is 12.7 Å². The van der Waals surface area contributed by atoms with Crippen molar-refractivity contribution < 1.29 is 13.2 Å². The van der Waals surface area contributed by atoms with Crippen LogP contribution in [0.5, 0.6) is 0 Å². The van der Waals surface area contributed by atoms with Gasteiger partial charge in [0.15, 0.2) is 0 Å². The van der Waals surface area contributed by atoms with E-state index in [2.05, 4.69) is 0 Å². The number of piperidine rings is 1. The maximum Gasteiger partial charge on any atom is 0.233 e. The molecular weight excluding hydrogens is 360 g/mol. The average molecular weight is 385 g/mol. The topological polar surface area (TPSA) is 57.7 Å². The van der Waals surface area contributed by atoms with Gasteiger partial charge < -0.3 is 4.90 Å². The highest BCUT2D eigenvalue weighted by Gasteiger charge is 2.53. The number of amides is 1. The third-order valence-corrected chi connectivity index (χ3v) is 7.75. The molecule has 1 heterocycles. The SMILES string of the molecule is CCS(=O)(=O)N(C)C1CCN(C(=O)C2(c3cccc(Cl)c3)CC2)CC1. The first-order valence-electron chi connectivity index (χ1n) is 8.81. The number of sulfonamides is 1. The molecule has 0 atom stereocenters. The highest BCUT2D eigenvalue weighted by atomic mass is 35.5. The highest BCUT2D eigenvalue weighted by molar-refractivity contribution is 7.89. The van der Waals surface area contributed by atoms with Crippen LogP contribution >= 0.6 is 11.6 Å². The lowest BCUT2D eigenvalue weighted by Gasteiger charge is -2.37. The summed E-state index contributed by atoms with van der Waals surface area (Å²) in [6, 6.07) is 7.56. The minimum atomic E-state index is -3.18. The standard InChI is InChI=1S/C18H25ClN2O3S/c1-3-25(23,24)20(2)16-7-11-21(12-8-16)17(22)18(9-10-18)14-5-4-6-15(19)13-14/h4-6,13,16H,3,7-12H2,1-2H3. The highest BCUT2D eigenvalue weighted by Crippen LogP contribution is 2.50. The largest absolute Gasteiger partial charge is 0.342 e. The Morgan fingerprint density at radius 2 is 1.96 bits per heavy atom. The van der Waals surface area contributed by atoms with Crippen molar-refractivity contribution in [3.8, 4) is 0 Å². The number of halogens is 1. The molecule has 1 amide bonds. The Kier molecular flexibility index (Phi) is 5.15.